The third-order valence-corrected chi connectivity index (χ3v) is 5.03. The van der Waals surface area contributed by atoms with Crippen molar-refractivity contribution in [2.45, 2.75) is 50.0 Å². The lowest BCUT2D eigenvalue weighted by molar-refractivity contribution is -0.143. The number of rotatable bonds is 13. The van der Waals surface area contributed by atoms with Crippen molar-refractivity contribution < 1.29 is 39.3 Å². The first-order valence-corrected chi connectivity index (χ1v) is 10.7. The van der Waals surface area contributed by atoms with Crippen molar-refractivity contribution in [1.29, 1.82) is 0 Å². The Morgan fingerprint density at radius 1 is 0.941 bits per heavy atom. The zero-order valence-electron chi connectivity index (χ0n) is 18.3. The Hall–Kier alpha value is -3.36. The summed E-state index contributed by atoms with van der Waals surface area (Å²) in [5.74, 6) is -5.27. The maximum atomic E-state index is 12.8. The van der Waals surface area contributed by atoms with Crippen LogP contribution in [-0.4, -0.2) is 80.9 Å². The number of hydrogen-bond donors (Lipinski definition) is 9. The van der Waals surface area contributed by atoms with Gasteiger partial charge >= 0.3 is 5.97 Å². The molecule has 188 valence electrons. The zero-order valence-corrected chi connectivity index (χ0v) is 19.2. The summed E-state index contributed by atoms with van der Waals surface area (Å²) in [6, 6.07) is 0.165. The predicted molar refractivity (Wildman–Crippen MR) is 123 cm³/mol. The molecule has 5 atom stereocenters. The minimum absolute atomic E-state index is 0.0338. The standard InChI is InChI=1S/C20H29N5O8S/c1-9(26)16(22)19(31)25-14(8-34)18(30)23-12(6-10-2-4-11(27)5-3-10)17(29)24-13(20(32)33)7-15(21)28/h2-5,9,12-14,16,26-27,34H,6-8,22H2,1H3,(H2,21,28)(H,23,30)(H,24,29)(H,25,31)(H,32,33). The summed E-state index contributed by atoms with van der Waals surface area (Å²) in [6.07, 6.45) is -1.98. The van der Waals surface area contributed by atoms with Crippen LogP contribution in [-0.2, 0) is 30.4 Å². The Kier molecular flexibility index (Phi) is 11.3. The molecule has 0 heterocycles. The van der Waals surface area contributed by atoms with Gasteiger partial charge in [0.1, 0.15) is 29.9 Å². The second-order valence-corrected chi connectivity index (χ2v) is 7.88. The first-order chi connectivity index (χ1) is 15.8. The fourth-order valence-corrected chi connectivity index (χ4v) is 2.96. The minimum atomic E-state index is -1.63. The van der Waals surface area contributed by atoms with Gasteiger partial charge in [0.25, 0.3) is 0 Å². The van der Waals surface area contributed by atoms with Crippen molar-refractivity contribution in [1.82, 2.24) is 16.0 Å². The van der Waals surface area contributed by atoms with Crippen LogP contribution < -0.4 is 27.4 Å². The second kappa shape index (κ2) is 13.4. The summed E-state index contributed by atoms with van der Waals surface area (Å²) in [6.45, 7) is 1.29. The van der Waals surface area contributed by atoms with E-state index in [1.165, 1.54) is 31.2 Å². The van der Waals surface area contributed by atoms with Crippen LogP contribution >= 0.6 is 12.6 Å². The number of aromatic hydroxyl groups is 1. The summed E-state index contributed by atoms with van der Waals surface area (Å²) in [5, 5.41) is 35.0. The Morgan fingerprint density at radius 3 is 1.91 bits per heavy atom. The van der Waals surface area contributed by atoms with Crippen LogP contribution in [0.1, 0.15) is 18.9 Å². The molecule has 0 saturated heterocycles. The number of nitrogens with one attached hydrogen (secondary N) is 3. The van der Waals surface area contributed by atoms with Crippen molar-refractivity contribution in [2.75, 3.05) is 5.75 Å². The van der Waals surface area contributed by atoms with E-state index in [-0.39, 0.29) is 17.9 Å². The molecule has 0 aliphatic heterocycles. The molecule has 1 aromatic carbocycles. The number of carbonyl (C=O) groups excluding carboxylic acids is 4. The van der Waals surface area contributed by atoms with E-state index < -0.39 is 66.3 Å². The number of phenolic OH excluding ortho intramolecular Hbond substituents is 1. The number of hydrogen-bond acceptors (Lipinski definition) is 9. The van der Waals surface area contributed by atoms with Crippen LogP contribution in [0, 0.1) is 0 Å². The van der Waals surface area contributed by atoms with E-state index in [0.29, 0.717) is 5.56 Å². The third kappa shape index (κ3) is 9.25. The van der Waals surface area contributed by atoms with Crippen molar-refractivity contribution in [3.05, 3.63) is 29.8 Å². The molecular weight excluding hydrogens is 470 g/mol. The molecule has 0 fully saturated rings. The molecule has 13 nitrogen and oxygen atoms in total. The van der Waals surface area contributed by atoms with E-state index >= 15 is 0 Å². The maximum absolute atomic E-state index is 12.8. The molecule has 0 spiro atoms. The van der Waals surface area contributed by atoms with Crippen LogP contribution in [0.3, 0.4) is 0 Å². The SMILES string of the molecule is CC(O)C(N)C(=O)NC(CS)C(=O)NC(Cc1ccc(O)cc1)C(=O)NC(CC(N)=O)C(=O)O. The lowest BCUT2D eigenvalue weighted by atomic mass is 10.0. The number of primary amides is 1. The first-order valence-electron chi connectivity index (χ1n) is 10.1. The van der Waals surface area contributed by atoms with Gasteiger partial charge in [0, 0.05) is 12.2 Å². The smallest absolute Gasteiger partial charge is 0.326 e. The van der Waals surface area contributed by atoms with E-state index in [0.717, 1.165) is 0 Å². The summed E-state index contributed by atoms with van der Waals surface area (Å²) in [5.41, 5.74) is 11.1. The molecule has 0 saturated carbocycles. The number of phenols is 1. The molecule has 4 amide bonds. The summed E-state index contributed by atoms with van der Waals surface area (Å²) in [4.78, 5) is 60.2. The minimum Gasteiger partial charge on any atom is -0.508 e. The lowest BCUT2D eigenvalue weighted by Gasteiger charge is -2.25. The van der Waals surface area contributed by atoms with Gasteiger partial charge in [0.05, 0.1) is 12.5 Å². The fraction of sp³-hybridized carbons (Fsp3) is 0.450. The van der Waals surface area contributed by atoms with E-state index in [9.17, 15) is 39.3 Å². The molecule has 14 heteroatoms. The van der Waals surface area contributed by atoms with E-state index in [4.69, 9.17) is 11.5 Å². The van der Waals surface area contributed by atoms with Crippen LogP contribution in [0.5, 0.6) is 5.75 Å². The Morgan fingerprint density at radius 2 is 1.44 bits per heavy atom. The highest BCUT2D eigenvalue weighted by molar-refractivity contribution is 7.80. The number of aliphatic hydroxyl groups excluding tert-OH is 1. The van der Waals surface area contributed by atoms with Crippen molar-refractivity contribution in [3.8, 4) is 5.75 Å². The average Bonchev–Trinajstić information content (AvgIpc) is 2.76. The van der Waals surface area contributed by atoms with Crippen LogP contribution in [0.25, 0.3) is 0 Å². The van der Waals surface area contributed by atoms with Gasteiger partial charge in [0.15, 0.2) is 0 Å². The highest BCUT2D eigenvalue weighted by atomic mass is 32.1. The lowest BCUT2D eigenvalue weighted by Crippen LogP contribution is -2.59. The molecule has 0 bridgehead atoms. The number of aliphatic hydroxyl groups is 1. The van der Waals surface area contributed by atoms with Gasteiger partial charge in [-0.15, -0.1) is 0 Å². The summed E-state index contributed by atoms with van der Waals surface area (Å²) < 4.78 is 0. The van der Waals surface area contributed by atoms with Crippen LogP contribution in [0.2, 0.25) is 0 Å². The summed E-state index contributed by atoms with van der Waals surface area (Å²) in [7, 11) is 0. The van der Waals surface area contributed by atoms with Crippen molar-refractivity contribution in [2.24, 2.45) is 11.5 Å². The number of carbonyl (C=O) groups is 5. The molecule has 0 aliphatic rings. The first kappa shape index (κ1) is 28.7. The predicted octanol–water partition coefficient (Wildman–Crippen LogP) is -3.01. The highest BCUT2D eigenvalue weighted by Crippen LogP contribution is 2.12. The van der Waals surface area contributed by atoms with Gasteiger partial charge < -0.3 is 42.7 Å². The Labute approximate surface area is 200 Å². The number of aliphatic carboxylic acids is 1. The van der Waals surface area contributed by atoms with Gasteiger partial charge in [-0.1, -0.05) is 12.1 Å². The van der Waals surface area contributed by atoms with Crippen LogP contribution in [0.15, 0.2) is 24.3 Å². The largest absolute Gasteiger partial charge is 0.508 e. The Bertz CT molecular complexity index is 895. The average molecular weight is 500 g/mol. The van der Waals surface area contributed by atoms with Crippen molar-refractivity contribution >= 4 is 42.2 Å². The molecular formula is C20H29N5O8S. The van der Waals surface area contributed by atoms with E-state index in [2.05, 4.69) is 28.6 Å². The topological polar surface area (TPSA) is 234 Å². The van der Waals surface area contributed by atoms with Gasteiger partial charge in [-0.3, -0.25) is 19.2 Å². The van der Waals surface area contributed by atoms with Gasteiger partial charge in [-0.25, -0.2) is 4.79 Å². The molecule has 0 aliphatic carbocycles. The normalized spacial score (nSPS) is 15.2. The van der Waals surface area contributed by atoms with E-state index in [1.54, 1.807) is 0 Å². The third-order valence-electron chi connectivity index (χ3n) is 4.67. The number of amides is 4. The monoisotopic (exact) mass is 499 g/mol. The molecule has 0 radical (unpaired) electrons. The molecule has 0 aromatic heterocycles. The highest BCUT2D eigenvalue weighted by Gasteiger charge is 2.31. The molecule has 34 heavy (non-hydrogen) atoms. The molecule has 1 rings (SSSR count). The number of thiol groups is 1. The van der Waals surface area contributed by atoms with Crippen molar-refractivity contribution in [3.63, 3.8) is 0 Å². The number of carboxylic acid groups (broad SMARTS) is 1. The quantitative estimate of drug-likeness (QED) is 0.125. The fourth-order valence-electron chi connectivity index (χ4n) is 2.70. The number of nitrogens with two attached hydrogens (primary N) is 2. The van der Waals surface area contributed by atoms with E-state index in [1.807, 2.05) is 0 Å². The molecule has 1 aromatic rings. The summed E-state index contributed by atoms with van der Waals surface area (Å²) >= 11 is 4.02. The van der Waals surface area contributed by atoms with Gasteiger partial charge in [-0.05, 0) is 24.6 Å². The van der Waals surface area contributed by atoms with Crippen LogP contribution in [0.4, 0.5) is 0 Å². The maximum Gasteiger partial charge on any atom is 0.326 e. The molecule has 5 unspecified atom stereocenters. The van der Waals surface area contributed by atoms with Gasteiger partial charge in [-0.2, -0.15) is 12.6 Å². The zero-order chi connectivity index (χ0) is 26.0. The molecule has 10 N–H and O–H groups in total. The Balaban J connectivity index is 3.08. The van der Waals surface area contributed by atoms with Gasteiger partial charge in [0.2, 0.25) is 23.6 Å². The second-order valence-electron chi connectivity index (χ2n) is 7.51. The number of benzene rings is 1. The number of carboxylic acids is 1.